The van der Waals surface area contributed by atoms with Gasteiger partial charge in [-0.2, -0.15) is 0 Å². The van der Waals surface area contributed by atoms with Crippen molar-refractivity contribution in [3.63, 3.8) is 0 Å². The predicted molar refractivity (Wildman–Crippen MR) is 62.2 cm³/mol. The van der Waals surface area contributed by atoms with Crippen LogP contribution in [0.4, 0.5) is 14.5 Å². The van der Waals surface area contributed by atoms with Gasteiger partial charge in [-0.15, -0.1) is 0 Å². The van der Waals surface area contributed by atoms with Crippen LogP contribution in [0.25, 0.3) is 0 Å². The molecule has 0 amide bonds. The van der Waals surface area contributed by atoms with E-state index in [1.807, 2.05) is 0 Å². The van der Waals surface area contributed by atoms with Gasteiger partial charge in [-0.05, 0) is 18.1 Å². The predicted octanol–water partition coefficient (Wildman–Crippen LogP) is 0.454. The summed E-state index contributed by atoms with van der Waals surface area (Å²) in [6, 6.07) is 1.58. The topological polar surface area (TPSA) is 92.4 Å². The third-order valence-electron chi connectivity index (χ3n) is 2.31. The zero-order valence-electron chi connectivity index (χ0n) is 9.65. The Hall–Kier alpha value is -1.25. The zero-order valence-corrected chi connectivity index (χ0v) is 10.5. The Balaban J connectivity index is 3.03. The molecule has 1 rings (SSSR count). The van der Waals surface area contributed by atoms with Crippen LogP contribution in [0.1, 0.15) is 6.92 Å². The van der Waals surface area contributed by atoms with Crippen LogP contribution in [0.2, 0.25) is 0 Å². The van der Waals surface area contributed by atoms with Crippen LogP contribution in [-0.2, 0) is 10.0 Å². The fourth-order valence-corrected chi connectivity index (χ4v) is 2.40. The van der Waals surface area contributed by atoms with E-state index in [0.29, 0.717) is 0 Å². The summed E-state index contributed by atoms with van der Waals surface area (Å²) in [5.41, 5.74) is 4.24. The maximum absolute atomic E-state index is 13.5. The molecule has 0 aliphatic heterocycles. The number of sulfonamides is 1. The minimum atomic E-state index is -4.12. The Bertz CT molecular complexity index is 534. The van der Waals surface area contributed by atoms with Crippen LogP contribution < -0.4 is 10.5 Å². The molecule has 102 valence electrons. The molecule has 1 unspecified atom stereocenters. The number of hydrogen-bond donors (Lipinski definition) is 3. The van der Waals surface area contributed by atoms with Gasteiger partial charge >= 0.3 is 0 Å². The molecular weight excluding hydrogens is 266 g/mol. The van der Waals surface area contributed by atoms with Crippen molar-refractivity contribution in [2.45, 2.75) is 11.8 Å². The molecule has 4 N–H and O–H groups in total. The number of aliphatic hydroxyl groups is 1. The Morgan fingerprint density at radius 1 is 1.44 bits per heavy atom. The first-order valence-electron chi connectivity index (χ1n) is 5.13. The van der Waals surface area contributed by atoms with Gasteiger partial charge in [-0.25, -0.2) is 21.9 Å². The average molecular weight is 280 g/mol. The summed E-state index contributed by atoms with van der Waals surface area (Å²) in [6.07, 6.45) is 0. The minimum Gasteiger partial charge on any atom is -0.396 e. The molecule has 1 atom stereocenters. The molecule has 8 heteroatoms. The number of anilines is 1. The lowest BCUT2D eigenvalue weighted by molar-refractivity contribution is 0.238. The molecule has 5 nitrogen and oxygen atoms in total. The Morgan fingerprint density at radius 3 is 2.61 bits per heavy atom. The van der Waals surface area contributed by atoms with Crippen molar-refractivity contribution < 1.29 is 22.3 Å². The highest BCUT2D eigenvalue weighted by molar-refractivity contribution is 7.89. The van der Waals surface area contributed by atoms with Crippen molar-refractivity contribution in [2.75, 3.05) is 18.9 Å². The summed E-state index contributed by atoms with van der Waals surface area (Å²) in [5.74, 6) is -2.66. The number of nitrogen functional groups attached to an aromatic ring is 1. The van der Waals surface area contributed by atoms with E-state index in [2.05, 4.69) is 4.72 Å². The smallest absolute Gasteiger partial charge is 0.243 e. The van der Waals surface area contributed by atoms with Crippen molar-refractivity contribution >= 4 is 15.7 Å². The fourth-order valence-electron chi connectivity index (χ4n) is 1.15. The number of halogens is 2. The molecule has 0 aromatic heterocycles. The lowest BCUT2D eigenvalue weighted by Gasteiger charge is -2.11. The zero-order chi connectivity index (χ0) is 13.9. The normalized spacial score (nSPS) is 13.6. The fraction of sp³-hybridized carbons (Fsp3) is 0.400. The molecule has 0 fully saturated rings. The monoisotopic (exact) mass is 280 g/mol. The number of hydrogen-bond acceptors (Lipinski definition) is 4. The Kier molecular flexibility index (Phi) is 4.60. The van der Waals surface area contributed by atoms with Gasteiger partial charge in [0.2, 0.25) is 10.0 Å². The molecule has 1 aromatic carbocycles. The van der Waals surface area contributed by atoms with E-state index in [1.165, 1.54) is 0 Å². The van der Waals surface area contributed by atoms with E-state index >= 15 is 0 Å². The van der Waals surface area contributed by atoms with Gasteiger partial charge in [0.25, 0.3) is 0 Å². The van der Waals surface area contributed by atoms with E-state index in [0.717, 1.165) is 12.1 Å². The summed E-state index contributed by atoms with van der Waals surface area (Å²) >= 11 is 0. The molecule has 0 heterocycles. The van der Waals surface area contributed by atoms with Crippen LogP contribution in [0, 0.1) is 17.6 Å². The Morgan fingerprint density at radius 2 is 2.06 bits per heavy atom. The quantitative estimate of drug-likeness (QED) is 0.683. The lowest BCUT2D eigenvalue weighted by atomic mass is 10.2. The number of nitrogens with one attached hydrogen (secondary N) is 1. The highest BCUT2D eigenvalue weighted by Crippen LogP contribution is 2.22. The van der Waals surface area contributed by atoms with Gasteiger partial charge in [0, 0.05) is 13.2 Å². The van der Waals surface area contributed by atoms with E-state index in [1.54, 1.807) is 6.92 Å². The van der Waals surface area contributed by atoms with Gasteiger partial charge in [0.05, 0.1) is 0 Å². The standard InChI is InChI=1S/C10H14F2N2O3S/c1-6(5-15)4-14-18(16,17)8-3-2-7(11)10(13)9(8)12/h2-3,6,14-15H,4-5,13H2,1H3. The number of benzene rings is 1. The molecule has 0 aliphatic rings. The molecule has 0 spiro atoms. The third-order valence-corrected chi connectivity index (χ3v) is 3.76. The highest BCUT2D eigenvalue weighted by Gasteiger charge is 2.22. The van der Waals surface area contributed by atoms with Crippen LogP contribution in [0.3, 0.4) is 0 Å². The van der Waals surface area contributed by atoms with Crippen LogP contribution in [0.15, 0.2) is 17.0 Å². The van der Waals surface area contributed by atoms with Crippen LogP contribution in [0.5, 0.6) is 0 Å². The van der Waals surface area contributed by atoms with Crippen molar-refractivity contribution in [3.8, 4) is 0 Å². The summed E-state index contributed by atoms with van der Waals surface area (Å²) in [4.78, 5) is -0.716. The first-order valence-corrected chi connectivity index (χ1v) is 6.62. The molecule has 0 aliphatic carbocycles. The maximum Gasteiger partial charge on any atom is 0.243 e. The van der Waals surface area contributed by atoms with Crippen molar-refractivity contribution in [2.24, 2.45) is 5.92 Å². The number of aliphatic hydroxyl groups excluding tert-OH is 1. The maximum atomic E-state index is 13.5. The summed E-state index contributed by atoms with van der Waals surface area (Å²) in [5, 5.41) is 8.76. The molecule has 1 aromatic rings. The second kappa shape index (κ2) is 5.59. The van der Waals surface area contributed by atoms with E-state index in [9.17, 15) is 17.2 Å². The van der Waals surface area contributed by atoms with Crippen LogP contribution in [-0.4, -0.2) is 26.7 Å². The first kappa shape index (κ1) is 14.8. The highest BCUT2D eigenvalue weighted by atomic mass is 32.2. The van der Waals surface area contributed by atoms with E-state index < -0.39 is 32.2 Å². The van der Waals surface area contributed by atoms with E-state index in [-0.39, 0.29) is 19.1 Å². The van der Waals surface area contributed by atoms with Gasteiger partial charge < -0.3 is 10.8 Å². The molecule has 18 heavy (non-hydrogen) atoms. The van der Waals surface area contributed by atoms with Gasteiger partial charge in [-0.1, -0.05) is 6.92 Å². The lowest BCUT2D eigenvalue weighted by Crippen LogP contribution is -2.30. The average Bonchev–Trinajstić information content (AvgIpc) is 2.32. The largest absolute Gasteiger partial charge is 0.396 e. The first-order chi connectivity index (χ1) is 8.29. The number of nitrogens with two attached hydrogens (primary N) is 1. The third kappa shape index (κ3) is 3.15. The molecular formula is C10H14F2N2O3S. The van der Waals surface area contributed by atoms with Gasteiger partial charge in [0.1, 0.15) is 16.4 Å². The number of rotatable bonds is 5. The Labute approximate surface area is 104 Å². The molecule has 0 radical (unpaired) electrons. The summed E-state index contributed by atoms with van der Waals surface area (Å²) < 4.78 is 52.0. The molecule has 0 saturated heterocycles. The second-order valence-electron chi connectivity index (χ2n) is 3.91. The van der Waals surface area contributed by atoms with Crippen molar-refractivity contribution in [1.82, 2.24) is 4.72 Å². The molecule has 0 saturated carbocycles. The SMILES string of the molecule is CC(CO)CNS(=O)(=O)c1ccc(F)c(N)c1F. The van der Waals surface area contributed by atoms with Crippen molar-refractivity contribution in [3.05, 3.63) is 23.8 Å². The minimum absolute atomic E-state index is 0.0600. The van der Waals surface area contributed by atoms with Gasteiger partial charge in [-0.3, -0.25) is 0 Å². The van der Waals surface area contributed by atoms with E-state index in [4.69, 9.17) is 10.8 Å². The summed E-state index contributed by atoms with van der Waals surface area (Å²) in [6.45, 7) is 1.34. The second-order valence-corrected chi connectivity index (χ2v) is 5.65. The molecule has 0 bridgehead atoms. The van der Waals surface area contributed by atoms with Crippen LogP contribution >= 0.6 is 0 Å². The van der Waals surface area contributed by atoms with Gasteiger partial charge in [0.15, 0.2) is 5.82 Å². The van der Waals surface area contributed by atoms with Crippen molar-refractivity contribution in [1.29, 1.82) is 0 Å². The summed E-state index contributed by atoms with van der Waals surface area (Å²) in [7, 11) is -4.12.